The molecule has 0 spiro atoms. The molecule has 1 aliphatic carbocycles. The van der Waals surface area contributed by atoms with Gasteiger partial charge in [-0.15, -0.1) is 0 Å². The molecule has 1 N–H and O–H groups in total. The van der Waals surface area contributed by atoms with Gasteiger partial charge in [-0.25, -0.2) is 0 Å². The Morgan fingerprint density at radius 2 is 1.72 bits per heavy atom. The van der Waals surface area contributed by atoms with Crippen LogP contribution in [0.15, 0.2) is 0 Å². The van der Waals surface area contributed by atoms with Crippen molar-refractivity contribution in [1.29, 1.82) is 0 Å². The van der Waals surface area contributed by atoms with Crippen molar-refractivity contribution in [3.05, 3.63) is 0 Å². The second-order valence-corrected chi connectivity index (χ2v) is 7.16. The first kappa shape index (κ1) is 16.0. The molecule has 0 aromatic rings. The number of nitrogens with zero attached hydrogens (tertiary/aromatic N) is 1. The van der Waals surface area contributed by atoms with Crippen LogP contribution in [0.1, 0.15) is 59.8 Å². The smallest absolute Gasteiger partial charge is 0.00471 e. The Labute approximate surface area is 115 Å². The molecule has 0 atom stereocenters. The summed E-state index contributed by atoms with van der Waals surface area (Å²) in [6, 6.07) is 0.614. The van der Waals surface area contributed by atoms with Crippen molar-refractivity contribution < 1.29 is 0 Å². The molecular formula is C16H34N2. The van der Waals surface area contributed by atoms with Gasteiger partial charge in [0, 0.05) is 19.1 Å². The molecular weight excluding hydrogens is 220 g/mol. The molecule has 0 aromatic heterocycles. The molecule has 108 valence electrons. The first-order valence-corrected chi connectivity index (χ1v) is 7.85. The molecule has 1 aliphatic rings. The molecule has 2 nitrogen and oxygen atoms in total. The monoisotopic (exact) mass is 254 g/mol. The minimum absolute atomic E-state index is 0.552. The SMILES string of the molecule is CC(C)CCN(C)CC1(CNC(C)C)CCCC1. The fraction of sp³-hybridized carbons (Fsp3) is 1.00. The molecule has 18 heavy (non-hydrogen) atoms. The fourth-order valence-corrected chi connectivity index (χ4v) is 3.07. The maximum Gasteiger partial charge on any atom is 0.00471 e. The van der Waals surface area contributed by atoms with Crippen LogP contribution in [0.5, 0.6) is 0 Å². The molecule has 0 aromatic carbocycles. The van der Waals surface area contributed by atoms with E-state index < -0.39 is 0 Å². The van der Waals surface area contributed by atoms with Crippen LogP contribution >= 0.6 is 0 Å². The van der Waals surface area contributed by atoms with Gasteiger partial charge in [0.15, 0.2) is 0 Å². The van der Waals surface area contributed by atoms with E-state index in [1.54, 1.807) is 0 Å². The van der Waals surface area contributed by atoms with E-state index in [0.29, 0.717) is 11.5 Å². The van der Waals surface area contributed by atoms with E-state index in [0.717, 1.165) is 5.92 Å². The molecule has 0 heterocycles. The Bertz CT molecular complexity index is 217. The summed E-state index contributed by atoms with van der Waals surface area (Å²) in [4.78, 5) is 2.56. The highest BCUT2D eigenvalue weighted by molar-refractivity contribution is 4.89. The van der Waals surface area contributed by atoms with E-state index in [2.05, 4.69) is 45.0 Å². The summed E-state index contributed by atoms with van der Waals surface area (Å²) in [5, 5.41) is 3.67. The highest BCUT2D eigenvalue weighted by Crippen LogP contribution is 2.38. The van der Waals surface area contributed by atoms with Crippen LogP contribution in [0.25, 0.3) is 0 Å². The second-order valence-electron chi connectivity index (χ2n) is 7.16. The van der Waals surface area contributed by atoms with Gasteiger partial charge in [0.1, 0.15) is 0 Å². The van der Waals surface area contributed by atoms with Crippen molar-refractivity contribution in [2.45, 2.75) is 65.8 Å². The second kappa shape index (κ2) is 7.49. The van der Waals surface area contributed by atoms with Gasteiger partial charge in [0.05, 0.1) is 0 Å². The van der Waals surface area contributed by atoms with Gasteiger partial charge in [-0.3, -0.25) is 0 Å². The molecule has 0 bridgehead atoms. The Balaban J connectivity index is 2.41. The van der Waals surface area contributed by atoms with Crippen LogP contribution in [0, 0.1) is 11.3 Å². The Morgan fingerprint density at radius 1 is 1.11 bits per heavy atom. The summed E-state index contributed by atoms with van der Waals surface area (Å²) in [5.41, 5.74) is 0.552. The molecule has 2 heteroatoms. The zero-order chi connectivity index (χ0) is 13.6. The largest absolute Gasteiger partial charge is 0.314 e. The molecule has 0 amide bonds. The Morgan fingerprint density at radius 3 is 2.22 bits per heavy atom. The number of hydrogen-bond acceptors (Lipinski definition) is 2. The van der Waals surface area contributed by atoms with Crippen LogP contribution in [0.4, 0.5) is 0 Å². The first-order valence-electron chi connectivity index (χ1n) is 7.85. The van der Waals surface area contributed by atoms with Crippen LogP contribution < -0.4 is 5.32 Å². The van der Waals surface area contributed by atoms with Crippen LogP contribution in [0.3, 0.4) is 0 Å². The van der Waals surface area contributed by atoms with Crippen molar-refractivity contribution >= 4 is 0 Å². The molecule has 1 saturated carbocycles. The van der Waals surface area contributed by atoms with Gasteiger partial charge in [0.25, 0.3) is 0 Å². The predicted molar refractivity (Wildman–Crippen MR) is 81.0 cm³/mol. The predicted octanol–water partition coefficient (Wildman–Crippen LogP) is 3.52. The van der Waals surface area contributed by atoms with Crippen molar-refractivity contribution in [3.63, 3.8) is 0 Å². The van der Waals surface area contributed by atoms with E-state index in [4.69, 9.17) is 0 Å². The van der Waals surface area contributed by atoms with Crippen molar-refractivity contribution in [2.24, 2.45) is 11.3 Å². The quantitative estimate of drug-likeness (QED) is 0.713. The molecule has 1 fully saturated rings. The highest BCUT2D eigenvalue weighted by atomic mass is 15.1. The average Bonchev–Trinajstić information content (AvgIpc) is 2.73. The summed E-state index contributed by atoms with van der Waals surface area (Å²) < 4.78 is 0. The third kappa shape index (κ3) is 5.71. The molecule has 0 saturated heterocycles. The van der Waals surface area contributed by atoms with Gasteiger partial charge in [-0.2, -0.15) is 0 Å². The number of rotatable bonds is 8. The van der Waals surface area contributed by atoms with Crippen molar-refractivity contribution in [2.75, 3.05) is 26.7 Å². The van der Waals surface area contributed by atoms with Crippen LogP contribution in [0.2, 0.25) is 0 Å². The summed E-state index contributed by atoms with van der Waals surface area (Å²) in [5.74, 6) is 0.820. The van der Waals surface area contributed by atoms with Gasteiger partial charge in [0.2, 0.25) is 0 Å². The minimum Gasteiger partial charge on any atom is -0.314 e. The lowest BCUT2D eigenvalue weighted by atomic mass is 9.85. The van der Waals surface area contributed by atoms with Gasteiger partial charge >= 0.3 is 0 Å². The number of hydrogen-bond donors (Lipinski definition) is 1. The summed E-state index contributed by atoms with van der Waals surface area (Å²) >= 11 is 0. The lowest BCUT2D eigenvalue weighted by Gasteiger charge is -2.35. The molecule has 1 rings (SSSR count). The first-order chi connectivity index (χ1) is 8.43. The Kier molecular flexibility index (Phi) is 6.65. The van der Waals surface area contributed by atoms with E-state index >= 15 is 0 Å². The zero-order valence-corrected chi connectivity index (χ0v) is 13.3. The average molecular weight is 254 g/mol. The maximum absolute atomic E-state index is 3.67. The Hall–Kier alpha value is -0.0800. The fourth-order valence-electron chi connectivity index (χ4n) is 3.07. The van der Waals surface area contributed by atoms with Crippen molar-refractivity contribution in [3.8, 4) is 0 Å². The highest BCUT2D eigenvalue weighted by Gasteiger charge is 2.34. The van der Waals surface area contributed by atoms with Crippen LogP contribution in [-0.4, -0.2) is 37.6 Å². The van der Waals surface area contributed by atoms with E-state index in [1.807, 2.05) is 0 Å². The van der Waals surface area contributed by atoms with E-state index in [1.165, 1.54) is 51.7 Å². The number of nitrogens with one attached hydrogen (secondary N) is 1. The summed E-state index contributed by atoms with van der Waals surface area (Å²) in [6.45, 7) is 12.9. The van der Waals surface area contributed by atoms with Gasteiger partial charge < -0.3 is 10.2 Å². The minimum atomic E-state index is 0.552. The molecule has 0 unspecified atom stereocenters. The zero-order valence-electron chi connectivity index (χ0n) is 13.3. The topological polar surface area (TPSA) is 15.3 Å². The van der Waals surface area contributed by atoms with E-state index in [9.17, 15) is 0 Å². The standard InChI is InChI=1S/C16H34N2/c1-14(2)8-11-18(5)13-16(9-6-7-10-16)12-17-15(3)4/h14-15,17H,6-13H2,1-5H3. The molecule has 0 radical (unpaired) electrons. The van der Waals surface area contributed by atoms with Crippen LogP contribution in [-0.2, 0) is 0 Å². The summed E-state index contributed by atoms with van der Waals surface area (Å²) in [6.07, 6.45) is 7.01. The third-order valence-corrected chi connectivity index (χ3v) is 4.24. The summed E-state index contributed by atoms with van der Waals surface area (Å²) in [7, 11) is 2.30. The van der Waals surface area contributed by atoms with Crippen molar-refractivity contribution in [1.82, 2.24) is 10.2 Å². The third-order valence-electron chi connectivity index (χ3n) is 4.24. The molecule has 0 aliphatic heterocycles. The van der Waals surface area contributed by atoms with Gasteiger partial charge in [-0.05, 0) is 44.2 Å². The maximum atomic E-state index is 3.67. The lowest BCUT2D eigenvalue weighted by Crippen LogP contribution is -2.43. The van der Waals surface area contributed by atoms with E-state index in [-0.39, 0.29) is 0 Å². The van der Waals surface area contributed by atoms with Gasteiger partial charge in [-0.1, -0.05) is 40.5 Å². The lowest BCUT2D eigenvalue weighted by molar-refractivity contribution is 0.164. The normalized spacial score (nSPS) is 19.3.